The van der Waals surface area contributed by atoms with Crippen LogP contribution in [0, 0.1) is 6.92 Å². The van der Waals surface area contributed by atoms with E-state index in [9.17, 15) is 13.2 Å². The number of hydrogen-bond donors (Lipinski definition) is 3. The number of carbonyl (C=O) groups excluding carboxylic acids is 1. The third-order valence-electron chi connectivity index (χ3n) is 3.99. The van der Waals surface area contributed by atoms with Crippen molar-refractivity contribution >= 4 is 45.7 Å². The Labute approximate surface area is 182 Å². The summed E-state index contributed by atoms with van der Waals surface area (Å²) in [4.78, 5) is 15.7. The first kappa shape index (κ1) is 23.9. The Kier molecular flexibility index (Phi) is 8.89. The van der Waals surface area contributed by atoms with Gasteiger partial charge in [0.15, 0.2) is 15.8 Å². The van der Waals surface area contributed by atoms with E-state index >= 15 is 0 Å². The number of carbonyl (C=O) groups is 1. The molecule has 9 heteroatoms. The number of amides is 1. The van der Waals surface area contributed by atoms with Crippen molar-refractivity contribution in [2.75, 3.05) is 13.3 Å². The van der Waals surface area contributed by atoms with Gasteiger partial charge in [0.05, 0.1) is 4.90 Å². The summed E-state index contributed by atoms with van der Waals surface area (Å²) in [7, 11) is -1.56. The zero-order valence-electron chi connectivity index (χ0n) is 16.0. The number of benzene rings is 2. The van der Waals surface area contributed by atoms with Gasteiger partial charge in [0.2, 0.25) is 5.91 Å². The second-order valence-electron chi connectivity index (χ2n) is 6.22. The van der Waals surface area contributed by atoms with Crippen molar-refractivity contribution in [2.24, 2.45) is 10.7 Å². The summed E-state index contributed by atoms with van der Waals surface area (Å²) in [6.45, 7) is 2.75. The summed E-state index contributed by atoms with van der Waals surface area (Å²) in [5, 5.41) is 6.34. The lowest BCUT2D eigenvalue weighted by atomic mass is 10.1. The number of hydrogen-bond acceptors (Lipinski definition) is 4. The van der Waals surface area contributed by atoms with Crippen LogP contribution in [0.1, 0.15) is 27.0 Å². The average molecular weight is 516 g/mol. The number of nitrogens with two attached hydrogens (primary N) is 1. The summed E-state index contributed by atoms with van der Waals surface area (Å²) in [5.41, 5.74) is 8.31. The first-order valence-corrected chi connectivity index (χ1v) is 10.2. The number of rotatable bonds is 6. The Bertz CT molecular complexity index is 975. The number of aliphatic imine (C=N–C) groups is 1. The largest absolute Gasteiger partial charge is 0.366 e. The molecule has 152 valence electrons. The van der Waals surface area contributed by atoms with Gasteiger partial charge in [-0.2, -0.15) is 0 Å². The second kappa shape index (κ2) is 10.4. The van der Waals surface area contributed by atoms with Gasteiger partial charge in [-0.05, 0) is 41.8 Å². The quantitative estimate of drug-likeness (QED) is 0.309. The smallest absolute Gasteiger partial charge is 0.248 e. The van der Waals surface area contributed by atoms with E-state index in [2.05, 4.69) is 15.6 Å². The second-order valence-corrected chi connectivity index (χ2v) is 8.20. The molecular weight excluding hydrogens is 491 g/mol. The van der Waals surface area contributed by atoms with Crippen LogP contribution in [-0.4, -0.2) is 33.6 Å². The molecule has 0 radical (unpaired) electrons. The molecule has 2 aromatic carbocycles. The minimum Gasteiger partial charge on any atom is -0.366 e. The predicted molar refractivity (Wildman–Crippen MR) is 122 cm³/mol. The van der Waals surface area contributed by atoms with Gasteiger partial charge in [-0.1, -0.05) is 24.3 Å². The normalized spacial score (nSPS) is 11.5. The van der Waals surface area contributed by atoms with Crippen LogP contribution in [0.2, 0.25) is 0 Å². The van der Waals surface area contributed by atoms with E-state index in [4.69, 9.17) is 5.73 Å². The van der Waals surface area contributed by atoms with Crippen LogP contribution in [0.5, 0.6) is 0 Å². The van der Waals surface area contributed by atoms with Crippen molar-refractivity contribution in [3.8, 4) is 0 Å². The molecule has 0 aromatic heterocycles. The van der Waals surface area contributed by atoms with Crippen LogP contribution >= 0.6 is 24.0 Å². The molecule has 2 rings (SSSR count). The third kappa shape index (κ3) is 6.79. The Morgan fingerprint density at radius 3 is 2.18 bits per heavy atom. The molecule has 0 fully saturated rings. The number of halogens is 1. The number of nitrogens with zero attached hydrogens (tertiary/aromatic N) is 1. The van der Waals surface area contributed by atoms with Crippen LogP contribution in [0.3, 0.4) is 0 Å². The minimum atomic E-state index is -3.22. The van der Waals surface area contributed by atoms with Gasteiger partial charge in [-0.3, -0.25) is 9.79 Å². The molecule has 0 aliphatic heterocycles. The van der Waals surface area contributed by atoms with Gasteiger partial charge < -0.3 is 16.4 Å². The lowest BCUT2D eigenvalue weighted by molar-refractivity contribution is 0.1000. The van der Waals surface area contributed by atoms with E-state index in [0.29, 0.717) is 35.1 Å². The van der Waals surface area contributed by atoms with Crippen molar-refractivity contribution in [3.63, 3.8) is 0 Å². The fraction of sp³-hybridized carbons (Fsp3) is 0.263. The zero-order chi connectivity index (χ0) is 20.0. The maximum Gasteiger partial charge on any atom is 0.248 e. The molecular formula is C19H25IN4O3S. The topological polar surface area (TPSA) is 114 Å². The Morgan fingerprint density at radius 2 is 1.68 bits per heavy atom. The molecule has 0 aliphatic carbocycles. The fourth-order valence-electron chi connectivity index (χ4n) is 2.66. The Hall–Kier alpha value is -2.14. The van der Waals surface area contributed by atoms with Gasteiger partial charge in [-0.15, -0.1) is 24.0 Å². The molecule has 0 saturated carbocycles. The summed E-state index contributed by atoms with van der Waals surface area (Å²) < 4.78 is 23.4. The van der Waals surface area contributed by atoms with E-state index in [1.54, 1.807) is 44.3 Å². The highest BCUT2D eigenvalue weighted by molar-refractivity contribution is 14.0. The van der Waals surface area contributed by atoms with Crippen molar-refractivity contribution in [3.05, 3.63) is 64.7 Å². The van der Waals surface area contributed by atoms with Gasteiger partial charge >= 0.3 is 0 Å². The number of nitrogens with one attached hydrogen (secondary N) is 2. The van der Waals surface area contributed by atoms with Crippen molar-refractivity contribution in [1.82, 2.24) is 10.6 Å². The number of primary amides is 1. The molecule has 0 atom stereocenters. The monoisotopic (exact) mass is 516 g/mol. The maximum atomic E-state index is 11.7. The summed E-state index contributed by atoms with van der Waals surface area (Å²) in [6.07, 6.45) is 1.20. The summed E-state index contributed by atoms with van der Waals surface area (Å²) >= 11 is 0. The van der Waals surface area contributed by atoms with Crippen LogP contribution < -0.4 is 16.4 Å². The van der Waals surface area contributed by atoms with Crippen LogP contribution in [-0.2, 0) is 22.9 Å². The molecule has 28 heavy (non-hydrogen) atoms. The molecule has 4 N–H and O–H groups in total. The lowest BCUT2D eigenvalue weighted by Gasteiger charge is -2.13. The average Bonchev–Trinajstić information content (AvgIpc) is 2.61. The van der Waals surface area contributed by atoms with Crippen LogP contribution in [0.4, 0.5) is 0 Å². The number of sulfone groups is 1. The molecule has 1 amide bonds. The Morgan fingerprint density at radius 1 is 1.07 bits per heavy atom. The fourth-order valence-corrected chi connectivity index (χ4v) is 3.62. The predicted octanol–water partition coefficient (Wildman–Crippen LogP) is 1.98. The Balaban J connectivity index is 0.00000392. The van der Waals surface area contributed by atoms with Gasteiger partial charge in [0.1, 0.15) is 0 Å². The molecule has 0 heterocycles. The molecule has 7 nitrogen and oxygen atoms in total. The van der Waals surface area contributed by atoms with E-state index in [1.165, 1.54) is 6.26 Å². The molecule has 0 bridgehead atoms. The van der Waals surface area contributed by atoms with E-state index in [1.807, 2.05) is 12.1 Å². The van der Waals surface area contributed by atoms with E-state index < -0.39 is 15.7 Å². The highest BCUT2D eigenvalue weighted by Crippen LogP contribution is 2.16. The molecule has 0 spiro atoms. The SMILES string of the molecule is CN=C(NCc1cccc(C(N)=O)c1)NCc1ccc(S(C)(=O)=O)c(C)c1.I. The first-order valence-electron chi connectivity index (χ1n) is 8.33. The van der Waals surface area contributed by atoms with Crippen molar-refractivity contribution in [1.29, 1.82) is 0 Å². The molecule has 0 unspecified atom stereocenters. The van der Waals surface area contributed by atoms with E-state index in [0.717, 1.165) is 11.1 Å². The highest BCUT2D eigenvalue weighted by atomic mass is 127. The number of aryl methyl sites for hydroxylation is 1. The van der Waals surface area contributed by atoms with Gasteiger partial charge in [-0.25, -0.2) is 8.42 Å². The molecule has 0 saturated heterocycles. The highest BCUT2D eigenvalue weighted by Gasteiger charge is 2.11. The minimum absolute atomic E-state index is 0. The number of guanidine groups is 1. The zero-order valence-corrected chi connectivity index (χ0v) is 19.2. The molecule has 0 aliphatic rings. The van der Waals surface area contributed by atoms with Gasteiger partial charge in [0, 0.05) is 32.0 Å². The van der Waals surface area contributed by atoms with Crippen LogP contribution in [0.25, 0.3) is 0 Å². The summed E-state index contributed by atoms with van der Waals surface area (Å²) in [5.74, 6) is 0.122. The molecule has 2 aromatic rings. The van der Waals surface area contributed by atoms with Gasteiger partial charge in [0.25, 0.3) is 0 Å². The first-order chi connectivity index (χ1) is 12.7. The lowest BCUT2D eigenvalue weighted by Crippen LogP contribution is -2.36. The summed E-state index contributed by atoms with van der Waals surface area (Å²) in [6, 6.07) is 12.3. The standard InChI is InChI=1S/C19H24N4O3S.HI/c1-13-9-15(7-8-17(13)27(3,25)26)12-23-19(21-2)22-11-14-5-4-6-16(10-14)18(20)24;/h4-10H,11-12H2,1-3H3,(H2,20,24)(H2,21,22,23);1H. The maximum absolute atomic E-state index is 11.7. The van der Waals surface area contributed by atoms with Crippen LogP contribution in [0.15, 0.2) is 52.4 Å². The van der Waals surface area contributed by atoms with Crippen molar-refractivity contribution in [2.45, 2.75) is 24.9 Å². The van der Waals surface area contributed by atoms with E-state index in [-0.39, 0.29) is 24.0 Å². The third-order valence-corrected chi connectivity index (χ3v) is 5.25. The van der Waals surface area contributed by atoms with Crippen molar-refractivity contribution < 1.29 is 13.2 Å².